The number of nitrogens with one attached hydrogen (secondary N) is 1. The number of rotatable bonds is 12. The Labute approximate surface area is 214 Å². The predicted octanol–water partition coefficient (Wildman–Crippen LogP) is 3.11. The summed E-state index contributed by atoms with van der Waals surface area (Å²) in [6.07, 6.45) is 1.39. The molecule has 1 unspecified atom stereocenters. The number of carbonyl (C=O) groups is 2. The number of anilines is 1. The first kappa shape index (κ1) is 29.0. The van der Waals surface area contributed by atoms with Crippen molar-refractivity contribution in [3.8, 4) is 11.5 Å². The number of aryl methyl sites for hydroxylation is 1. The van der Waals surface area contributed by atoms with Gasteiger partial charge in [0, 0.05) is 18.7 Å². The summed E-state index contributed by atoms with van der Waals surface area (Å²) in [5.41, 5.74) is 2.05. The highest BCUT2D eigenvalue weighted by Crippen LogP contribution is 2.33. The van der Waals surface area contributed by atoms with Crippen molar-refractivity contribution in [2.45, 2.75) is 52.7 Å². The number of methoxy groups -OCH3 is 2. The Balaban J connectivity index is 2.51. The highest BCUT2D eigenvalue weighted by atomic mass is 32.2. The molecule has 10 heteroatoms. The van der Waals surface area contributed by atoms with E-state index in [9.17, 15) is 18.0 Å². The van der Waals surface area contributed by atoms with E-state index in [0.29, 0.717) is 12.2 Å². The number of hydrogen-bond donors (Lipinski definition) is 1. The van der Waals surface area contributed by atoms with Crippen LogP contribution in [0, 0.1) is 6.92 Å². The van der Waals surface area contributed by atoms with Crippen molar-refractivity contribution in [3.05, 3.63) is 53.6 Å². The molecule has 36 heavy (non-hydrogen) atoms. The van der Waals surface area contributed by atoms with E-state index in [1.807, 2.05) is 52.0 Å². The fraction of sp³-hybridized carbons (Fsp3) is 0.462. The van der Waals surface area contributed by atoms with Crippen LogP contribution < -0.4 is 19.1 Å². The zero-order chi connectivity index (χ0) is 27.0. The molecule has 2 aromatic rings. The molecule has 0 aliphatic carbocycles. The first-order valence-corrected chi connectivity index (χ1v) is 13.6. The number of carbonyl (C=O) groups excluding carboxylic acids is 2. The Kier molecular flexibility index (Phi) is 10.2. The Hall–Kier alpha value is -3.27. The van der Waals surface area contributed by atoms with Crippen LogP contribution >= 0.6 is 0 Å². The Morgan fingerprint density at radius 3 is 2.28 bits per heavy atom. The lowest BCUT2D eigenvalue weighted by atomic mass is 10.1. The molecule has 2 amide bonds. The third-order valence-electron chi connectivity index (χ3n) is 5.59. The van der Waals surface area contributed by atoms with Crippen molar-refractivity contribution >= 4 is 27.5 Å². The minimum atomic E-state index is -3.89. The molecule has 0 fully saturated rings. The predicted molar refractivity (Wildman–Crippen MR) is 141 cm³/mol. The van der Waals surface area contributed by atoms with Crippen molar-refractivity contribution in [1.29, 1.82) is 0 Å². The van der Waals surface area contributed by atoms with Gasteiger partial charge in [-0.05, 0) is 44.9 Å². The molecule has 0 bridgehead atoms. The van der Waals surface area contributed by atoms with Gasteiger partial charge in [0.2, 0.25) is 21.8 Å². The largest absolute Gasteiger partial charge is 0.497 e. The average Bonchev–Trinajstić information content (AvgIpc) is 2.80. The standard InChI is InChI=1S/C26H37N3O6S/c1-8-22(26(31)27-18(2)3)28(16-20-11-9-10-19(4)14-20)25(30)17-29(36(7,32)33)23-13-12-21(34-5)15-24(23)35-6/h9-15,18,22H,8,16-17H2,1-7H3,(H,27,31). The number of ether oxygens (including phenoxy) is 2. The van der Waals surface area contributed by atoms with E-state index < -0.39 is 28.5 Å². The maximum atomic E-state index is 13.8. The van der Waals surface area contributed by atoms with Crippen LogP contribution in [-0.2, 0) is 26.2 Å². The van der Waals surface area contributed by atoms with Crippen LogP contribution in [0.1, 0.15) is 38.3 Å². The molecule has 0 radical (unpaired) electrons. The minimum Gasteiger partial charge on any atom is -0.497 e. The van der Waals surface area contributed by atoms with Crippen molar-refractivity contribution in [1.82, 2.24) is 10.2 Å². The lowest BCUT2D eigenvalue weighted by Crippen LogP contribution is -2.53. The van der Waals surface area contributed by atoms with Crippen LogP contribution in [0.15, 0.2) is 42.5 Å². The zero-order valence-electron chi connectivity index (χ0n) is 22.1. The van der Waals surface area contributed by atoms with Crippen LogP contribution in [-0.4, -0.2) is 64.2 Å². The van der Waals surface area contributed by atoms with Crippen molar-refractivity contribution in [2.24, 2.45) is 0 Å². The summed E-state index contributed by atoms with van der Waals surface area (Å²) >= 11 is 0. The van der Waals surface area contributed by atoms with Gasteiger partial charge in [-0.25, -0.2) is 8.42 Å². The van der Waals surface area contributed by atoms with E-state index >= 15 is 0 Å². The first-order valence-electron chi connectivity index (χ1n) is 11.8. The first-order chi connectivity index (χ1) is 16.9. The molecule has 1 N–H and O–H groups in total. The van der Waals surface area contributed by atoms with Gasteiger partial charge in [0.15, 0.2) is 0 Å². The normalized spacial score (nSPS) is 12.1. The van der Waals surface area contributed by atoms with Crippen LogP contribution in [0.5, 0.6) is 11.5 Å². The summed E-state index contributed by atoms with van der Waals surface area (Å²) in [5.74, 6) is -0.0812. The van der Waals surface area contributed by atoms with Gasteiger partial charge in [-0.1, -0.05) is 36.8 Å². The molecule has 0 aromatic heterocycles. The molecular formula is C26H37N3O6S. The fourth-order valence-electron chi connectivity index (χ4n) is 3.89. The van der Waals surface area contributed by atoms with Gasteiger partial charge < -0.3 is 19.7 Å². The quantitative estimate of drug-likeness (QED) is 0.462. The Bertz CT molecular complexity index is 1170. The van der Waals surface area contributed by atoms with Crippen LogP contribution in [0.3, 0.4) is 0 Å². The lowest BCUT2D eigenvalue weighted by Gasteiger charge is -2.33. The van der Waals surface area contributed by atoms with Gasteiger partial charge in [-0.3, -0.25) is 13.9 Å². The second-order valence-corrected chi connectivity index (χ2v) is 10.8. The van der Waals surface area contributed by atoms with Crippen molar-refractivity contribution in [3.63, 3.8) is 0 Å². The maximum absolute atomic E-state index is 13.8. The summed E-state index contributed by atoms with van der Waals surface area (Å²) in [4.78, 5) is 28.2. The van der Waals surface area contributed by atoms with E-state index in [0.717, 1.165) is 21.7 Å². The molecule has 2 rings (SSSR count). The van der Waals surface area contributed by atoms with Gasteiger partial charge in [-0.15, -0.1) is 0 Å². The second kappa shape index (κ2) is 12.6. The minimum absolute atomic E-state index is 0.112. The van der Waals surface area contributed by atoms with Gasteiger partial charge in [-0.2, -0.15) is 0 Å². The van der Waals surface area contributed by atoms with E-state index in [4.69, 9.17) is 9.47 Å². The smallest absolute Gasteiger partial charge is 0.244 e. The van der Waals surface area contributed by atoms with Gasteiger partial charge in [0.1, 0.15) is 24.1 Å². The SMILES string of the molecule is CCC(C(=O)NC(C)C)N(Cc1cccc(C)c1)C(=O)CN(c1ccc(OC)cc1OC)S(C)(=O)=O. The van der Waals surface area contributed by atoms with E-state index in [1.54, 1.807) is 12.1 Å². The molecule has 0 saturated heterocycles. The van der Waals surface area contributed by atoms with Gasteiger partial charge >= 0.3 is 0 Å². The molecule has 0 aliphatic rings. The molecular weight excluding hydrogens is 482 g/mol. The number of benzene rings is 2. The Morgan fingerprint density at radius 1 is 1.06 bits per heavy atom. The molecule has 0 spiro atoms. The molecule has 2 aromatic carbocycles. The van der Waals surface area contributed by atoms with Gasteiger partial charge in [0.05, 0.1) is 26.2 Å². The van der Waals surface area contributed by atoms with E-state index in [-0.39, 0.29) is 29.9 Å². The highest BCUT2D eigenvalue weighted by Gasteiger charge is 2.32. The molecule has 0 heterocycles. The molecule has 0 aliphatic heterocycles. The third-order valence-corrected chi connectivity index (χ3v) is 6.71. The number of nitrogens with zero attached hydrogens (tertiary/aromatic N) is 2. The monoisotopic (exact) mass is 519 g/mol. The average molecular weight is 520 g/mol. The number of hydrogen-bond acceptors (Lipinski definition) is 6. The highest BCUT2D eigenvalue weighted by molar-refractivity contribution is 7.92. The summed E-state index contributed by atoms with van der Waals surface area (Å²) in [5, 5.41) is 2.87. The Morgan fingerprint density at radius 2 is 1.75 bits per heavy atom. The van der Waals surface area contributed by atoms with Gasteiger partial charge in [0.25, 0.3) is 0 Å². The summed E-state index contributed by atoms with van der Waals surface area (Å²) < 4.78 is 37.2. The summed E-state index contributed by atoms with van der Waals surface area (Å²) in [6.45, 7) is 7.11. The van der Waals surface area contributed by atoms with Crippen LogP contribution in [0.2, 0.25) is 0 Å². The maximum Gasteiger partial charge on any atom is 0.244 e. The summed E-state index contributed by atoms with van der Waals surface area (Å²) in [7, 11) is -0.986. The molecule has 198 valence electrons. The fourth-order valence-corrected chi connectivity index (χ4v) is 4.75. The molecule has 0 saturated carbocycles. The van der Waals surface area contributed by atoms with E-state index in [2.05, 4.69) is 5.32 Å². The van der Waals surface area contributed by atoms with Crippen molar-refractivity contribution < 1.29 is 27.5 Å². The zero-order valence-corrected chi connectivity index (χ0v) is 22.9. The second-order valence-electron chi connectivity index (χ2n) is 8.91. The van der Waals surface area contributed by atoms with Crippen LogP contribution in [0.4, 0.5) is 5.69 Å². The molecule has 1 atom stereocenters. The van der Waals surface area contributed by atoms with Crippen LogP contribution in [0.25, 0.3) is 0 Å². The third kappa shape index (κ3) is 7.61. The van der Waals surface area contributed by atoms with E-state index in [1.165, 1.54) is 25.2 Å². The van der Waals surface area contributed by atoms with Crippen molar-refractivity contribution in [2.75, 3.05) is 31.3 Å². The number of sulfonamides is 1. The molecule has 9 nitrogen and oxygen atoms in total. The topological polar surface area (TPSA) is 105 Å². The summed E-state index contributed by atoms with van der Waals surface area (Å²) in [6, 6.07) is 11.4. The lowest BCUT2D eigenvalue weighted by molar-refractivity contribution is -0.140. The number of amides is 2.